The molecule has 184 valence electrons. The third-order valence-electron chi connectivity index (χ3n) is 6.80. The minimum Gasteiger partial charge on any atom is -0.339 e. The zero-order valence-corrected chi connectivity index (χ0v) is 20.7. The van der Waals surface area contributed by atoms with Crippen molar-refractivity contribution in [2.45, 2.75) is 39.7 Å². The van der Waals surface area contributed by atoms with Gasteiger partial charge in [-0.25, -0.2) is 0 Å². The summed E-state index contributed by atoms with van der Waals surface area (Å²) in [5, 5.41) is 12.0. The molecule has 0 radical (unpaired) electrons. The average Bonchev–Trinajstić information content (AvgIpc) is 2.88. The van der Waals surface area contributed by atoms with Gasteiger partial charge in [0.25, 0.3) is 11.5 Å². The van der Waals surface area contributed by atoms with E-state index in [1.165, 1.54) is 10.1 Å². The first kappa shape index (κ1) is 24.9. The minimum absolute atomic E-state index is 0.00287. The van der Waals surface area contributed by atoms with Crippen LogP contribution in [0.4, 0.5) is 5.69 Å². The highest BCUT2D eigenvalue weighted by Crippen LogP contribution is 2.23. The number of likely N-dealkylation sites (tertiary alicyclic amines) is 1. The van der Waals surface area contributed by atoms with Gasteiger partial charge in [0.2, 0.25) is 5.91 Å². The first-order chi connectivity index (χ1) is 17.4. The number of anilines is 1. The van der Waals surface area contributed by atoms with Gasteiger partial charge in [0.05, 0.1) is 0 Å². The number of piperidine rings is 1. The zero-order chi connectivity index (χ0) is 25.7. The van der Waals surface area contributed by atoms with Crippen molar-refractivity contribution in [3.05, 3.63) is 99.0 Å². The number of benzene rings is 2. The van der Waals surface area contributed by atoms with Crippen molar-refractivity contribution in [3.63, 3.8) is 0 Å². The number of nitrogens with zero attached hydrogens (tertiary/aromatic N) is 3. The second kappa shape index (κ2) is 11.0. The van der Waals surface area contributed by atoms with Crippen LogP contribution in [-0.4, -0.2) is 34.4 Å². The van der Waals surface area contributed by atoms with Crippen molar-refractivity contribution >= 4 is 17.5 Å². The summed E-state index contributed by atoms with van der Waals surface area (Å²) in [6, 6.07) is 20.9. The van der Waals surface area contributed by atoms with Crippen molar-refractivity contribution in [2.24, 2.45) is 5.92 Å². The van der Waals surface area contributed by atoms with Gasteiger partial charge in [0, 0.05) is 30.0 Å². The molecule has 1 aliphatic heterocycles. The molecule has 1 fully saturated rings. The number of hydrogen-bond donors (Lipinski definition) is 1. The summed E-state index contributed by atoms with van der Waals surface area (Å²) in [6.45, 7) is 4.72. The maximum absolute atomic E-state index is 13.0. The normalized spacial score (nSPS) is 13.8. The Kier molecular flexibility index (Phi) is 7.65. The van der Waals surface area contributed by atoms with Crippen LogP contribution in [0.15, 0.2) is 65.5 Å². The maximum atomic E-state index is 13.0. The van der Waals surface area contributed by atoms with Gasteiger partial charge >= 0.3 is 0 Å². The van der Waals surface area contributed by atoms with Crippen molar-refractivity contribution in [1.29, 1.82) is 5.26 Å². The predicted octanol–water partition coefficient (Wildman–Crippen LogP) is 4.07. The molecule has 7 nitrogen and oxygen atoms in total. The van der Waals surface area contributed by atoms with Crippen LogP contribution in [0.3, 0.4) is 0 Å². The van der Waals surface area contributed by atoms with Crippen LogP contribution in [-0.2, 0) is 17.8 Å². The van der Waals surface area contributed by atoms with Crippen molar-refractivity contribution < 1.29 is 9.59 Å². The Morgan fingerprint density at radius 3 is 2.33 bits per heavy atom. The molecular weight excluding hydrogens is 452 g/mol. The molecule has 1 aromatic heterocycles. The summed E-state index contributed by atoms with van der Waals surface area (Å²) in [5.41, 5.74) is 3.24. The topological polar surface area (TPSA) is 95.2 Å². The summed E-state index contributed by atoms with van der Waals surface area (Å²) >= 11 is 0. The molecule has 2 amide bonds. The highest BCUT2D eigenvalue weighted by Gasteiger charge is 2.24. The van der Waals surface area contributed by atoms with Crippen LogP contribution in [0.2, 0.25) is 0 Å². The van der Waals surface area contributed by atoms with Crippen LogP contribution in [0.1, 0.15) is 45.6 Å². The van der Waals surface area contributed by atoms with Crippen molar-refractivity contribution in [2.75, 3.05) is 18.4 Å². The van der Waals surface area contributed by atoms with E-state index in [1.54, 1.807) is 44.2 Å². The van der Waals surface area contributed by atoms with E-state index in [2.05, 4.69) is 29.6 Å². The number of aryl methyl sites for hydroxylation is 2. The lowest BCUT2D eigenvalue weighted by Crippen LogP contribution is -2.38. The van der Waals surface area contributed by atoms with Crippen molar-refractivity contribution in [3.8, 4) is 6.07 Å². The van der Waals surface area contributed by atoms with Crippen molar-refractivity contribution in [1.82, 2.24) is 9.47 Å². The molecule has 0 bridgehead atoms. The van der Waals surface area contributed by atoms with Gasteiger partial charge in [0.15, 0.2) is 0 Å². The molecule has 1 aliphatic rings. The summed E-state index contributed by atoms with van der Waals surface area (Å²) in [7, 11) is 0. The van der Waals surface area contributed by atoms with Gasteiger partial charge in [-0.3, -0.25) is 14.4 Å². The van der Waals surface area contributed by atoms with E-state index in [-0.39, 0.29) is 23.9 Å². The molecular formula is C29H30N4O3. The van der Waals surface area contributed by atoms with Gasteiger partial charge in [-0.1, -0.05) is 30.3 Å². The number of aromatic nitrogens is 1. The lowest BCUT2D eigenvalue weighted by Gasteiger charge is -2.32. The highest BCUT2D eigenvalue weighted by atomic mass is 16.2. The smallest absolute Gasteiger partial charge is 0.269 e. The van der Waals surface area contributed by atoms with Gasteiger partial charge in [-0.15, -0.1) is 0 Å². The molecule has 1 N–H and O–H groups in total. The van der Waals surface area contributed by atoms with Crippen LogP contribution < -0.4 is 10.9 Å². The van der Waals surface area contributed by atoms with Crippen LogP contribution >= 0.6 is 0 Å². The number of hydrogen-bond acceptors (Lipinski definition) is 4. The van der Waals surface area contributed by atoms with Gasteiger partial charge in [0.1, 0.15) is 18.2 Å². The molecule has 3 aromatic rings. The molecule has 1 saturated heterocycles. The Morgan fingerprint density at radius 2 is 1.69 bits per heavy atom. The standard InChI is InChI=1S/C29H30N4O3/c1-20-16-21(2)33(29(36)26(20)18-30)19-27(34)31-25-10-8-24(9-11-25)28(35)32-14-12-23(13-15-32)17-22-6-4-3-5-7-22/h3-11,16,23H,12-15,17,19H2,1-2H3,(H,31,34). The summed E-state index contributed by atoms with van der Waals surface area (Å²) in [4.78, 5) is 40.0. The summed E-state index contributed by atoms with van der Waals surface area (Å²) in [6.07, 6.45) is 3.02. The van der Waals surface area contributed by atoms with E-state index in [4.69, 9.17) is 0 Å². The number of carbonyl (C=O) groups is 2. The van der Waals surface area contributed by atoms with E-state index < -0.39 is 5.56 Å². The Balaban J connectivity index is 1.32. The lowest BCUT2D eigenvalue weighted by molar-refractivity contribution is -0.116. The number of rotatable bonds is 6. The van der Waals surface area contributed by atoms with Gasteiger partial charge < -0.3 is 14.8 Å². The molecule has 0 spiro atoms. The molecule has 2 aromatic carbocycles. The highest BCUT2D eigenvalue weighted by molar-refractivity contribution is 5.95. The molecule has 0 unspecified atom stereocenters. The molecule has 36 heavy (non-hydrogen) atoms. The molecule has 0 saturated carbocycles. The fourth-order valence-electron chi connectivity index (χ4n) is 4.77. The lowest BCUT2D eigenvalue weighted by atomic mass is 9.90. The largest absolute Gasteiger partial charge is 0.339 e. The SMILES string of the molecule is Cc1cc(C)n(CC(=O)Nc2ccc(C(=O)N3CCC(Cc4ccccc4)CC3)cc2)c(=O)c1C#N. The maximum Gasteiger partial charge on any atom is 0.269 e. The predicted molar refractivity (Wildman–Crippen MR) is 139 cm³/mol. The number of pyridine rings is 1. The minimum atomic E-state index is -0.473. The number of amides is 2. The third kappa shape index (κ3) is 5.72. The number of nitriles is 1. The Bertz CT molecular complexity index is 1350. The van der Waals surface area contributed by atoms with Crippen LogP contribution in [0.5, 0.6) is 0 Å². The molecule has 2 heterocycles. The Hall–Kier alpha value is -4.18. The van der Waals surface area contributed by atoms with Crippen LogP contribution in [0, 0.1) is 31.1 Å². The van der Waals surface area contributed by atoms with E-state index in [9.17, 15) is 19.6 Å². The Labute approximate surface area is 211 Å². The first-order valence-electron chi connectivity index (χ1n) is 12.2. The number of carbonyl (C=O) groups excluding carboxylic acids is 2. The molecule has 4 rings (SSSR count). The van der Waals surface area contributed by atoms with E-state index in [0.717, 1.165) is 32.4 Å². The second-order valence-electron chi connectivity index (χ2n) is 9.40. The fourth-order valence-corrected chi connectivity index (χ4v) is 4.77. The number of nitrogens with one attached hydrogen (secondary N) is 1. The Morgan fingerprint density at radius 1 is 1.03 bits per heavy atom. The zero-order valence-electron chi connectivity index (χ0n) is 20.7. The third-order valence-corrected chi connectivity index (χ3v) is 6.80. The first-order valence-corrected chi connectivity index (χ1v) is 12.2. The van der Waals surface area contributed by atoms with E-state index in [0.29, 0.717) is 28.4 Å². The summed E-state index contributed by atoms with van der Waals surface area (Å²) in [5.74, 6) is 0.201. The van der Waals surface area contributed by atoms with Crippen LogP contribution in [0.25, 0.3) is 0 Å². The van der Waals surface area contributed by atoms with Gasteiger partial charge in [-0.2, -0.15) is 5.26 Å². The monoisotopic (exact) mass is 482 g/mol. The molecule has 0 atom stereocenters. The summed E-state index contributed by atoms with van der Waals surface area (Å²) < 4.78 is 1.29. The average molecular weight is 483 g/mol. The molecule has 0 aliphatic carbocycles. The van der Waals surface area contributed by atoms with E-state index in [1.807, 2.05) is 17.0 Å². The van der Waals surface area contributed by atoms with E-state index >= 15 is 0 Å². The quantitative estimate of drug-likeness (QED) is 0.573. The molecule has 7 heteroatoms. The second-order valence-corrected chi connectivity index (χ2v) is 9.40. The fraction of sp³-hybridized carbons (Fsp3) is 0.310. The van der Waals surface area contributed by atoms with Gasteiger partial charge in [-0.05, 0) is 80.5 Å².